The fraction of sp³-hybridized carbons (Fsp3) is 0.235. The number of hydrogen-bond acceptors (Lipinski definition) is 5. The highest BCUT2D eigenvalue weighted by atomic mass is 35.5. The smallest absolute Gasteiger partial charge is 0.323 e. The Morgan fingerprint density at radius 3 is 2.63 bits per heavy atom. The lowest BCUT2D eigenvalue weighted by atomic mass is 10.3. The molecule has 0 saturated heterocycles. The van der Waals surface area contributed by atoms with Gasteiger partial charge < -0.3 is 10.6 Å². The Morgan fingerprint density at radius 2 is 1.93 bits per heavy atom. The van der Waals surface area contributed by atoms with Crippen LogP contribution in [0.4, 0.5) is 36.4 Å². The van der Waals surface area contributed by atoms with Crippen molar-refractivity contribution in [3.8, 4) is 0 Å². The number of aromatic amines is 1. The summed E-state index contributed by atoms with van der Waals surface area (Å²) in [7, 11) is 0. The molecule has 1 saturated carbocycles. The summed E-state index contributed by atoms with van der Waals surface area (Å²) < 4.78 is 40.0. The van der Waals surface area contributed by atoms with Gasteiger partial charge in [0, 0.05) is 23.9 Å². The molecule has 0 atom stereocenters. The summed E-state index contributed by atoms with van der Waals surface area (Å²) in [5, 5.41) is 12.7. The summed E-state index contributed by atoms with van der Waals surface area (Å²) in [6, 6.07) is 8.49. The van der Waals surface area contributed by atoms with Crippen LogP contribution >= 0.6 is 11.6 Å². The van der Waals surface area contributed by atoms with Gasteiger partial charge >= 0.3 is 6.18 Å². The molecule has 1 fully saturated rings. The van der Waals surface area contributed by atoms with E-state index in [0.29, 0.717) is 16.6 Å². The number of rotatable bonds is 5. The van der Waals surface area contributed by atoms with Crippen molar-refractivity contribution in [1.29, 1.82) is 0 Å². The lowest BCUT2D eigenvalue weighted by molar-refractivity contribution is -0.137. The standard InChI is InChI=1S/C17H14ClF3N6/c18-11-3-1-2-4-12(11)23-16-22-8-10(17(19,20)21)15(25-16)24-14-7-13(26-27-14)9-5-6-9/h1-4,7-9H,5-6H2,(H3,22,23,24,25,26,27). The molecule has 1 aliphatic carbocycles. The second kappa shape index (κ2) is 6.73. The molecular formula is C17H14ClF3N6. The molecule has 0 aliphatic heterocycles. The molecule has 2 heterocycles. The van der Waals surface area contributed by atoms with Crippen LogP contribution in [-0.2, 0) is 6.18 Å². The second-order valence-electron chi connectivity index (χ2n) is 6.17. The Morgan fingerprint density at radius 1 is 1.15 bits per heavy atom. The van der Waals surface area contributed by atoms with Crippen LogP contribution in [0, 0.1) is 0 Å². The quantitative estimate of drug-likeness (QED) is 0.551. The molecule has 0 unspecified atom stereocenters. The van der Waals surface area contributed by atoms with Crippen LogP contribution in [0.5, 0.6) is 0 Å². The van der Waals surface area contributed by atoms with E-state index in [9.17, 15) is 13.2 Å². The summed E-state index contributed by atoms with van der Waals surface area (Å²) >= 11 is 6.06. The van der Waals surface area contributed by atoms with Gasteiger partial charge in [0.25, 0.3) is 0 Å². The van der Waals surface area contributed by atoms with E-state index in [2.05, 4.69) is 30.8 Å². The molecule has 10 heteroatoms. The molecule has 0 bridgehead atoms. The lowest BCUT2D eigenvalue weighted by Gasteiger charge is -2.14. The van der Waals surface area contributed by atoms with E-state index in [0.717, 1.165) is 24.7 Å². The van der Waals surface area contributed by atoms with Crippen molar-refractivity contribution >= 4 is 34.9 Å². The molecular weight excluding hydrogens is 381 g/mol. The predicted molar refractivity (Wildman–Crippen MR) is 95.6 cm³/mol. The highest BCUT2D eigenvalue weighted by Crippen LogP contribution is 2.40. The predicted octanol–water partition coefficient (Wildman–Crippen LogP) is 5.24. The number of benzene rings is 1. The first-order chi connectivity index (χ1) is 12.9. The van der Waals surface area contributed by atoms with Crippen molar-refractivity contribution in [1.82, 2.24) is 20.2 Å². The average Bonchev–Trinajstić information content (AvgIpc) is 3.36. The van der Waals surface area contributed by atoms with Crippen LogP contribution < -0.4 is 10.6 Å². The maximum atomic E-state index is 13.3. The summed E-state index contributed by atoms with van der Waals surface area (Å²) in [5.41, 5.74) is 0.401. The minimum absolute atomic E-state index is 0.0171. The molecule has 140 valence electrons. The second-order valence-corrected chi connectivity index (χ2v) is 6.57. The van der Waals surface area contributed by atoms with Crippen molar-refractivity contribution < 1.29 is 13.2 Å². The zero-order chi connectivity index (χ0) is 19.0. The van der Waals surface area contributed by atoms with Crippen molar-refractivity contribution in [2.24, 2.45) is 0 Å². The van der Waals surface area contributed by atoms with Gasteiger partial charge in [-0.15, -0.1) is 0 Å². The number of hydrogen-bond donors (Lipinski definition) is 3. The first-order valence-electron chi connectivity index (χ1n) is 8.18. The van der Waals surface area contributed by atoms with Gasteiger partial charge in [0.1, 0.15) is 11.4 Å². The number of nitrogens with one attached hydrogen (secondary N) is 3. The van der Waals surface area contributed by atoms with Gasteiger partial charge in [-0.3, -0.25) is 5.10 Å². The molecule has 0 spiro atoms. The van der Waals surface area contributed by atoms with Crippen LogP contribution in [0.15, 0.2) is 36.5 Å². The SMILES string of the molecule is FC(F)(F)c1cnc(Nc2ccccc2Cl)nc1Nc1cc(C2CC2)[nH]n1. The van der Waals surface area contributed by atoms with Crippen molar-refractivity contribution in [2.45, 2.75) is 24.9 Å². The highest BCUT2D eigenvalue weighted by Gasteiger charge is 2.35. The summed E-state index contributed by atoms with van der Waals surface area (Å²) in [4.78, 5) is 7.73. The van der Waals surface area contributed by atoms with Crippen molar-refractivity contribution in [3.05, 3.63) is 52.8 Å². The Hall–Kier alpha value is -2.81. The van der Waals surface area contributed by atoms with E-state index < -0.39 is 11.7 Å². The van der Waals surface area contributed by atoms with Crippen LogP contribution in [0.1, 0.15) is 30.0 Å². The van der Waals surface area contributed by atoms with Crippen molar-refractivity contribution in [3.63, 3.8) is 0 Å². The Kier molecular flexibility index (Phi) is 4.39. The third kappa shape index (κ3) is 3.97. The number of halogens is 4. The first-order valence-corrected chi connectivity index (χ1v) is 8.56. The third-order valence-corrected chi connectivity index (χ3v) is 4.41. The topological polar surface area (TPSA) is 78.5 Å². The zero-order valence-corrected chi connectivity index (χ0v) is 14.6. The third-order valence-electron chi connectivity index (χ3n) is 4.08. The summed E-state index contributed by atoms with van der Waals surface area (Å²) in [6.07, 6.45) is -1.78. The molecule has 1 aromatic carbocycles. The minimum Gasteiger partial charge on any atom is -0.323 e. The van der Waals surface area contributed by atoms with Crippen LogP contribution in [0.25, 0.3) is 0 Å². The van der Waals surface area contributed by atoms with Gasteiger partial charge in [0.15, 0.2) is 5.82 Å². The van der Waals surface area contributed by atoms with Crippen LogP contribution in [-0.4, -0.2) is 20.2 Å². The lowest BCUT2D eigenvalue weighted by Crippen LogP contribution is -2.12. The van der Waals surface area contributed by atoms with Gasteiger partial charge in [-0.2, -0.15) is 23.3 Å². The van der Waals surface area contributed by atoms with Gasteiger partial charge in [0.2, 0.25) is 5.95 Å². The van der Waals surface area contributed by atoms with Gasteiger partial charge in [-0.05, 0) is 25.0 Å². The van der Waals surface area contributed by atoms with Gasteiger partial charge in [0.05, 0.1) is 10.7 Å². The minimum atomic E-state index is -4.61. The number of aromatic nitrogens is 4. The van der Waals surface area contributed by atoms with E-state index in [1.54, 1.807) is 30.3 Å². The van der Waals surface area contributed by atoms with E-state index in [1.807, 2.05) is 0 Å². The largest absolute Gasteiger partial charge is 0.421 e. The Labute approximate surface area is 157 Å². The summed E-state index contributed by atoms with van der Waals surface area (Å²) in [5.74, 6) is 0.264. The number of H-pyrrole nitrogens is 1. The average molecular weight is 395 g/mol. The van der Waals surface area contributed by atoms with E-state index >= 15 is 0 Å². The maximum Gasteiger partial charge on any atom is 0.421 e. The summed E-state index contributed by atoms with van der Waals surface area (Å²) in [6.45, 7) is 0. The maximum absolute atomic E-state index is 13.3. The first kappa shape index (κ1) is 17.6. The van der Waals surface area contributed by atoms with Crippen molar-refractivity contribution in [2.75, 3.05) is 10.6 Å². The fourth-order valence-corrected chi connectivity index (χ4v) is 2.74. The molecule has 27 heavy (non-hydrogen) atoms. The fourth-order valence-electron chi connectivity index (χ4n) is 2.55. The van der Waals surface area contributed by atoms with E-state index in [-0.39, 0.29) is 17.6 Å². The molecule has 3 aromatic rings. The zero-order valence-electron chi connectivity index (χ0n) is 13.8. The molecule has 6 nitrogen and oxygen atoms in total. The number of nitrogens with zero attached hydrogens (tertiary/aromatic N) is 3. The van der Waals surface area contributed by atoms with Crippen LogP contribution in [0.2, 0.25) is 5.02 Å². The van der Waals surface area contributed by atoms with E-state index in [1.165, 1.54) is 0 Å². The van der Waals surface area contributed by atoms with Gasteiger partial charge in [-0.1, -0.05) is 23.7 Å². The Bertz CT molecular complexity index is 967. The molecule has 2 aromatic heterocycles. The molecule has 0 radical (unpaired) electrons. The van der Waals surface area contributed by atoms with E-state index in [4.69, 9.17) is 11.6 Å². The van der Waals surface area contributed by atoms with Crippen LogP contribution in [0.3, 0.4) is 0 Å². The number of alkyl halides is 3. The number of para-hydroxylation sites is 1. The molecule has 0 amide bonds. The number of anilines is 4. The Balaban J connectivity index is 1.64. The normalized spacial score (nSPS) is 14.2. The van der Waals surface area contributed by atoms with Gasteiger partial charge in [-0.25, -0.2) is 4.98 Å². The molecule has 3 N–H and O–H groups in total. The monoisotopic (exact) mass is 394 g/mol. The molecule has 4 rings (SSSR count). The highest BCUT2D eigenvalue weighted by molar-refractivity contribution is 6.33. The molecule has 1 aliphatic rings.